The first kappa shape index (κ1) is 18.8. The zero-order valence-corrected chi connectivity index (χ0v) is 16.2. The predicted molar refractivity (Wildman–Crippen MR) is 109 cm³/mol. The maximum Gasteiger partial charge on any atom is 0.338 e. The zero-order valence-electron chi connectivity index (χ0n) is 14.5. The minimum atomic E-state index is -0.384. The highest BCUT2D eigenvalue weighted by Crippen LogP contribution is 2.20. The SMILES string of the molecule is C#CCn1c(=NC(=O)/C=C/c2cccs2)sc2cc(C(=O)OCC)ccc21. The van der Waals surface area contributed by atoms with Crippen LogP contribution in [0, 0.1) is 12.3 Å². The smallest absolute Gasteiger partial charge is 0.338 e. The van der Waals surface area contributed by atoms with Crippen LogP contribution in [-0.2, 0) is 16.1 Å². The number of fused-ring (bicyclic) bond motifs is 1. The number of esters is 1. The number of thiazole rings is 1. The Hall–Kier alpha value is -2.95. The Bertz CT molecular complexity index is 1110. The normalized spacial score (nSPS) is 11.8. The number of carbonyl (C=O) groups is 2. The quantitative estimate of drug-likeness (QED) is 0.375. The van der Waals surface area contributed by atoms with Gasteiger partial charge in [0.2, 0.25) is 0 Å². The average Bonchev–Trinajstić information content (AvgIpc) is 3.28. The number of thiophene rings is 1. The minimum Gasteiger partial charge on any atom is -0.462 e. The molecule has 3 rings (SSSR count). The van der Waals surface area contributed by atoms with E-state index in [0.29, 0.717) is 17.0 Å². The van der Waals surface area contributed by atoms with Crippen molar-refractivity contribution in [2.75, 3.05) is 6.61 Å². The average molecular weight is 396 g/mol. The molecule has 2 aromatic heterocycles. The monoisotopic (exact) mass is 396 g/mol. The number of aromatic nitrogens is 1. The molecule has 0 atom stereocenters. The Kier molecular flexibility index (Phi) is 6.01. The lowest BCUT2D eigenvalue weighted by Crippen LogP contribution is -2.15. The van der Waals surface area contributed by atoms with E-state index in [1.165, 1.54) is 17.4 Å². The molecule has 0 saturated heterocycles. The third-order valence-electron chi connectivity index (χ3n) is 3.58. The summed E-state index contributed by atoms with van der Waals surface area (Å²) in [6, 6.07) is 9.04. The second-order valence-electron chi connectivity index (χ2n) is 5.38. The van der Waals surface area contributed by atoms with Gasteiger partial charge in [0.15, 0.2) is 4.80 Å². The summed E-state index contributed by atoms with van der Waals surface area (Å²) < 4.78 is 7.63. The number of carbonyl (C=O) groups excluding carboxylic acids is 2. The lowest BCUT2D eigenvalue weighted by Gasteiger charge is -2.02. The second-order valence-corrected chi connectivity index (χ2v) is 7.37. The van der Waals surface area contributed by atoms with Crippen LogP contribution in [0.2, 0.25) is 0 Å². The molecule has 2 heterocycles. The Labute approximate surface area is 164 Å². The second kappa shape index (κ2) is 8.62. The van der Waals surface area contributed by atoms with Crippen LogP contribution < -0.4 is 4.80 Å². The third-order valence-corrected chi connectivity index (χ3v) is 5.46. The van der Waals surface area contributed by atoms with Gasteiger partial charge in [0, 0.05) is 11.0 Å². The van der Waals surface area contributed by atoms with Gasteiger partial charge in [-0.2, -0.15) is 4.99 Å². The van der Waals surface area contributed by atoms with Crippen molar-refractivity contribution in [3.8, 4) is 12.3 Å². The van der Waals surface area contributed by atoms with Gasteiger partial charge >= 0.3 is 5.97 Å². The fraction of sp³-hybridized carbons (Fsp3) is 0.150. The number of hydrogen-bond donors (Lipinski definition) is 0. The Morgan fingerprint density at radius 1 is 1.37 bits per heavy atom. The molecule has 0 spiro atoms. The Morgan fingerprint density at radius 3 is 2.93 bits per heavy atom. The van der Waals surface area contributed by atoms with Gasteiger partial charge in [-0.1, -0.05) is 23.3 Å². The largest absolute Gasteiger partial charge is 0.462 e. The predicted octanol–water partition coefficient (Wildman–Crippen LogP) is 3.71. The summed E-state index contributed by atoms with van der Waals surface area (Å²) >= 11 is 2.85. The van der Waals surface area contributed by atoms with Gasteiger partial charge in [-0.15, -0.1) is 17.8 Å². The summed E-state index contributed by atoms with van der Waals surface area (Å²) in [5, 5.41) is 1.94. The Morgan fingerprint density at radius 2 is 2.22 bits per heavy atom. The van der Waals surface area contributed by atoms with Crippen LogP contribution in [0.1, 0.15) is 22.2 Å². The molecule has 0 aliphatic heterocycles. The lowest BCUT2D eigenvalue weighted by atomic mass is 10.2. The van der Waals surface area contributed by atoms with Crippen molar-refractivity contribution >= 4 is 50.8 Å². The highest BCUT2D eigenvalue weighted by atomic mass is 32.1. The number of hydrogen-bond acceptors (Lipinski definition) is 5. The number of rotatable bonds is 5. The first-order valence-corrected chi connectivity index (χ1v) is 9.86. The van der Waals surface area contributed by atoms with E-state index >= 15 is 0 Å². The molecule has 1 amide bonds. The lowest BCUT2D eigenvalue weighted by molar-refractivity contribution is -0.113. The van der Waals surface area contributed by atoms with E-state index in [-0.39, 0.29) is 18.4 Å². The van der Waals surface area contributed by atoms with Crippen molar-refractivity contribution in [2.45, 2.75) is 13.5 Å². The first-order chi connectivity index (χ1) is 13.1. The van der Waals surface area contributed by atoms with Gasteiger partial charge in [-0.3, -0.25) is 4.79 Å². The third kappa shape index (κ3) is 4.42. The van der Waals surface area contributed by atoms with Crippen LogP contribution in [0.4, 0.5) is 0 Å². The molecule has 0 aliphatic carbocycles. The first-order valence-electron chi connectivity index (χ1n) is 8.16. The van der Waals surface area contributed by atoms with Crippen molar-refractivity contribution in [1.82, 2.24) is 4.57 Å². The van der Waals surface area contributed by atoms with Gasteiger partial charge in [-0.05, 0) is 42.6 Å². The summed E-state index contributed by atoms with van der Waals surface area (Å²) in [5.74, 6) is 1.82. The summed E-state index contributed by atoms with van der Waals surface area (Å²) in [6.07, 6.45) is 8.63. The van der Waals surface area contributed by atoms with E-state index in [9.17, 15) is 9.59 Å². The van der Waals surface area contributed by atoms with E-state index in [4.69, 9.17) is 11.2 Å². The van der Waals surface area contributed by atoms with Crippen molar-refractivity contribution in [2.24, 2.45) is 4.99 Å². The van der Waals surface area contributed by atoms with Crippen LogP contribution >= 0.6 is 22.7 Å². The number of amides is 1. The summed E-state index contributed by atoms with van der Waals surface area (Å²) in [5.41, 5.74) is 1.27. The molecule has 3 aromatic rings. The van der Waals surface area contributed by atoms with Crippen molar-refractivity contribution in [3.05, 3.63) is 57.0 Å². The van der Waals surface area contributed by atoms with Crippen LogP contribution in [0.3, 0.4) is 0 Å². The molecule has 0 aliphatic rings. The molecule has 5 nitrogen and oxygen atoms in total. The molecule has 0 N–H and O–H groups in total. The van der Waals surface area contributed by atoms with E-state index in [1.54, 1.807) is 47.1 Å². The number of nitrogens with zero attached hydrogens (tertiary/aromatic N) is 2. The van der Waals surface area contributed by atoms with Gasteiger partial charge in [0.1, 0.15) is 0 Å². The van der Waals surface area contributed by atoms with Gasteiger partial charge in [0.25, 0.3) is 5.91 Å². The molecule has 0 fully saturated rings. The number of terminal acetylenes is 1. The summed E-state index contributed by atoms with van der Waals surface area (Å²) in [4.78, 5) is 29.8. The number of ether oxygens (including phenoxy) is 1. The molecular weight excluding hydrogens is 380 g/mol. The summed E-state index contributed by atoms with van der Waals surface area (Å²) in [6.45, 7) is 2.35. The maximum atomic E-state index is 12.2. The van der Waals surface area contributed by atoms with Crippen molar-refractivity contribution in [1.29, 1.82) is 0 Å². The van der Waals surface area contributed by atoms with Crippen LogP contribution in [-0.4, -0.2) is 23.1 Å². The molecule has 136 valence electrons. The van der Waals surface area contributed by atoms with E-state index < -0.39 is 0 Å². The highest BCUT2D eigenvalue weighted by molar-refractivity contribution is 7.16. The van der Waals surface area contributed by atoms with Crippen molar-refractivity contribution in [3.63, 3.8) is 0 Å². The van der Waals surface area contributed by atoms with E-state index in [1.807, 2.05) is 17.5 Å². The van der Waals surface area contributed by atoms with E-state index in [0.717, 1.165) is 15.1 Å². The molecule has 0 unspecified atom stereocenters. The number of benzene rings is 1. The molecule has 0 bridgehead atoms. The molecule has 7 heteroatoms. The van der Waals surface area contributed by atoms with Gasteiger partial charge in [0.05, 0.1) is 28.9 Å². The van der Waals surface area contributed by atoms with E-state index in [2.05, 4.69) is 10.9 Å². The molecule has 0 radical (unpaired) electrons. The topological polar surface area (TPSA) is 60.7 Å². The zero-order chi connectivity index (χ0) is 19.2. The van der Waals surface area contributed by atoms with Crippen LogP contribution in [0.15, 0.2) is 46.8 Å². The van der Waals surface area contributed by atoms with Gasteiger partial charge in [-0.25, -0.2) is 4.79 Å². The molecule has 27 heavy (non-hydrogen) atoms. The van der Waals surface area contributed by atoms with Crippen LogP contribution in [0.5, 0.6) is 0 Å². The highest BCUT2D eigenvalue weighted by Gasteiger charge is 2.11. The maximum absolute atomic E-state index is 12.2. The minimum absolute atomic E-state index is 0.277. The fourth-order valence-corrected chi connectivity index (χ4v) is 4.11. The van der Waals surface area contributed by atoms with Crippen molar-refractivity contribution < 1.29 is 14.3 Å². The summed E-state index contributed by atoms with van der Waals surface area (Å²) in [7, 11) is 0. The molecule has 0 saturated carbocycles. The molecule has 1 aromatic carbocycles. The fourth-order valence-electron chi connectivity index (χ4n) is 2.42. The molecular formula is C20H16N2O3S2. The van der Waals surface area contributed by atoms with Gasteiger partial charge < -0.3 is 9.30 Å². The Balaban J connectivity index is 2.00. The standard InChI is InChI=1S/C20H16N2O3S2/c1-3-11-22-16-9-7-14(19(24)25-4-2)13-17(16)27-20(22)21-18(23)10-8-15-6-5-12-26-15/h1,5-10,12-13H,4,11H2,2H3/b10-8+,21-20?. The van der Waals surface area contributed by atoms with Crippen LogP contribution in [0.25, 0.3) is 16.3 Å².